The van der Waals surface area contributed by atoms with E-state index in [1.807, 2.05) is 4.90 Å². The molecule has 0 unspecified atom stereocenters. The number of carbonyl (C=O) groups excluding carboxylic acids is 3. The number of anilines is 1. The molecule has 2 aliphatic rings. The third-order valence-electron chi connectivity index (χ3n) is 4.08. The van der Waals surface area contributed by atoms with E-state index in [1.165, 1.54) is 6.92 Å². The number of hydrogen-bond acceptors (Lipinski definition) is 6. The number of amides is 2. The van der Waals surface area contributed by atoms with Gasteiger partial charge in [-0.3, -0.25) is 19.7 Å². The van der Waals surface area contributed by atoms with Crippen LogP contribution in [-0.4, -0.2) is 60.8 Å². The van der Waals surface area contributed by atoms with E-state index in [4.69, 9.17) is 4.74 Å². The first-order chi connectivity index (χ1) is 12.0. The lowest BCUT2D eigenvalue weighted by Gasteiger charge is -2.32. The van der Waals surface area contributed by atoms with Crippen molar-refractivity contribution < 1.29 is 19.1 Å². The first-order valence-electron chi connectivity index (χ1n) is 8.15. The molecule has 132 valence electrons. The van der Waals surface area contributed by atoms with Gasteiger partial charge in [-0.05, 0) is 31.2 Å². The molecule has 0 aromatic heterocycles. The number of morpholine rings is 1. The number of aliphatic imine (C=N–C) groups is 1. The average Bonchev–Trinajstić information content (AvgIpc) is 2.62. The Labute approximate surface area is 145 Å². The largest absolute Gasteiger partial charge is 0.378 e. The number of carbonyl (C=O) groups is 3. The molecule has 2 amide bonds. The molecule has 8 heteroatoms. The summed E-state index contributed by atoms with van der Waals surface area (Å²) in [4.78, 5) is 42.0. The van der Waals surface area contributed by atoms with Gasteiger partial charge in [-0.25, -0.2) is 4.99 Å². The van der Waals surface area contributed by atoms with Gasteiger partial charge in [-0.15, -0.1) is 0 Å². The molecule has 2 aliphatic heterocycles. The molecule has 2 heterocycles. The summed E-state index contributed by atoms with van der Waals surface area (Å²) in [7, 11) is 0. The van der Waals surface area contributed by atoms with E-state index in [0.717, 1.165) is 0 Å². The lowest BCUT2D eigenvalue weighted by molar-refractivity contribution is -0.125. The predicted octanol–water partition coefficient (Wildman–Crippen LogP) is 0.404. The van der Waals surface area contributed by atoms with Crippen LogP contribution in [0.15, 0.2) is 29.3 Å². The molecule has 1 saturated heterocycles. The Morgan fingerprint density at radius 2 is 1.92 bits per heavy atom. The first kappa shape index (κ1) is 17.1. The van der Waals surface area contributed by atoms with Crippen LogP contribution in [0.4, 0.5) is 5.69 Å². The van der Waals surface area contributed by atoms with Gasteiger partial charge < -0.3 is 15.0 Å². The number of benzene rings is 1. The Balaban J connectivity index is 1.69. The fourth-order valence-corrected chi connectivity index (χ4v) is 2.68. The lowest BCUT2D eigenvalue weighted by atomic mass is 10.1. The molecule has 25 heavy (non-hydrogen) atoms. The smallest absolute Gasteiger partial charge is 0.249 e. The summed E-state index contributed by atoms with van der Waals surface area (Å²) in [5.74, 6) is -0.201. The minimum absolute atomic E-state index is 0.00516. The van der Waals surface area contributed by atoms with Gasteiger partial charge in [0.1, 0.15) is 6.04 Å². The van der Waals surface area contributed by atoms with Crippen LogP contribution < -0.4 is 10.6 Å². The Bertz CT molecular complexity index is 708. The Morgan fingerprint density at radius 3 is 2.56 bits per heavy atom. The first-order valence-corrected chi connectivity index (χ1v) is 8.15. The van der Waals surface area contributed by atoms with E-state index >= 15 is 0 Å². The van der Waals surface area contributed by atoms with Crippen LogP contribution in [0.3, 0.4) is 0 Å². The van der Waals surface area contributed by atoms with Crippen LogP contribution in [0.2, 0.25) is 0 Å². The Hall–Kier alpha value is -2.74. The molecular weight excluding hydrogens is 324 g/mol. The van der Waals surface area contributed by atoms with E-state index in [2.05, 4.69) is 15.6 Å². The molecule has 1 atom stereocenters. The van der Waals surface area contributed by atoms with Crippen LogP contribution in [-0.2, 0) is 14.3 Å². The summed E-state index contributed by atoms with van der Waals surface area (Å²) in [6, 6.07) is 5.83. The quantitative estimate of drug-likeness (QED) is 0.774. The molecule has 0 bridgehead atoms. The van der Waals surface area contributed by atoms with Gasteiger partial charge >= 0.3 is 0 Å². The molecule has 1 aromatic carbocycles. The van der Waals surface area contributed by atoms with Crippen molar-refractivity contribution in [3.8, 4) is 0 Å². The fraction of sp³-hybridized carbons (Fsp3) is 0.412. The molecule has 8 nitrogen and oxygen atoms in total. The van der Waals surface area contributed by atoms with Crippen molar-refractivity contribution in [2.75, 3.05) is 31.6 Å². The maximum absolute atomic E-state index is 12.5. The molecule has 0 aliphatic carbocycles. The number of Topliss-reactive ketones (excluding diaryl/α,β-unsaturated/α-hetero) is 1. The number of nitrogens with zero attached hydrogens (tertiary/aromatic N) is 2. The van der Waals surface area contributed by atoms with Crippen LogP contribution in [0, 0.1) is 0 Å². The van der Waals surface area contributed by atoms with Gasteiger partial charge in [0.2, 0.25) is 17.8 Å². The minimum atomic E-state index is -0.779. The van der Waals surface area contributed by atoms with Gasteiger partial charge in [-0.1, -0.05) is 0 Å². The third-order valence-corrected chi connectivity index (χ3v) is 4.08. The predicted molar refractivity (Wildman–Crippen MR) is 91.5 cm³/mol. The standard InChI is InChI=1S/C17H20N4O4/c1-11(22)12-2-4-13(5-3-12)18-16(24)14-10-15(23)20-17(19-14)21-6-8-25-9-7-21/h2-5,14H,6-10H2,1H3,(H,18,24)(H,19,20,23)/t14-/m1/s1. The zero-order valence-corrected chi connectivity index (χ0v) is 13.9. The second-order valence-corrected chi connectivity index (χ2v) is 5.94. The molecule has 0 radical (unpaired) electrons. The third kappa shape index (κ3) is 4.21. The zero-order valence-electron chi connectivity index (χ0n) is 13.9. The Kier molecular flexibility index (Phi) is 5.08. The van der Waals surface area contributed by atoms with Crippen molar-refractivity contribution >= 4 is 29.2 Å². The summed E-state index contributed by atoms with van der Waals surface area (Å²) in [6.45, 7) is 3.86. The summed E-state index contributed by atoms with van der Waals surface area (Å²) in [5, 5.41) is 5.46. The minimum Gasteiger partial charge on any atom is -0.378 e. The maximum Gasteiger partial charge on any atom is 0.249 e. The monoisotopic (exact) mass is 344 g/mol. The molecule has 0 saturated carbocycles. The molecule has 3 rings (SSSR count). The van der Waals surface area contributed by atoms with Crippen LogP contribution in [0.25, 0.3) is 0 Å². The van der Waals surface area contributed by atoms with Crippen molar-refractivity contribution in [2.24, 2.45) is 4.99 Å². The van der Waals surface area contributed by atoms with Gasteiger partial charge in [0.25, 0.3) is 0 Å². The van der Waals surface area contributed by atoms with Crippen LogP contribution >= 0.6 is 0 Å². The highest BCUT2D eigenvalue weighted by atomic mass is 16.5. The number of nitrogens with one attached hydrogen (secondary N) is 2. The van der Waals surface area contributed by atoms with Crippen LogP contribution in [0.5, 0.6) is 0 Å². The fourth-order valence-electron chi connectivity index (χ4n) is 2.68. The summed E-state index contributed by atoms with van der Waals surface area (Å²) in [5.41, 5.74) is 1.13. The topological polar surface area (TPSA) is 100 Å². The van der Waals surface area contributed by atoms with E-state index in [1.54, 1.807) is 24.3 Å². The number of rotatable bonds is 3. The molecule has 0 spiro atoms. The van der Waals surface area contributed by atoms with Crippen molar-refractivity contribution in [2.45, 2.75) is 19.4 Å². The molecular formula is C17H20N4O4. The SMILES string of the molecule is CC(=O)c1ccc(NC(=O)[C@H]2CC(=O)NC(N3CCOCC3)=N2)cc1. The second kappa shape index (κ2) is 7.43. The highest BCUT2D eigenvalue weighted by molar-refractivity contribution is 6.06. The summed E-state index contributed by atoms with van der Waals surface area (Å²) >= 11 is 0. The number of hydrogen-bond donors (Lipinski definition) is 2. The van der Waals surface area contributed by atoms with Gasteiger partial charge in [0, 0.05) is 24.3 Å². The lowest BCUT2D eigenvalue weighted by Crippen LogP contribution is -2.53. The van der Waals surface area contributed by atoms with Gasteiger partial charge in [0.05, 0.1) is 19.6 Å². The number of ketones is 1. The highest BCUT2D eigenvalue weighted by Crippen LogP contribution is 2.14. The summed E-state index contributed by atoms with van der Waals surface area (Å²) in [6.07, 6.45) is 0.00516. The second-order valence-electron chi connectivity index (χ2n) is 5.94. The highest BCUT2D eigenvalue weighted by Gasteiger charge is 2.29. The normalized spacial score (nSPS) is 20.5. The number of guanidine groups is 1. The van der Waals surface area contributed by atoms with Crippen molar-refractivity contribution in [3.63, 3.8) is 0 Å². The van der Waals surface area contributed by atoms with Gasteiger partial charge in [0.15, 0.2) is 5.78 Å². The van der Waals surface area contributed by atoms with E-state index in [0.29, 0.717) is 43.5 Å². The van der Waals surface area contributed by atoms with Crippen molar-refractivity contribution in [1.29, 1.82) is 0 Å². The number of ether oxygens (including phenoxy) is 1. The Morgan fingerprint density at radius 1 is 1.24 bits per heavy atom. The maximum atomic E-state index is 12.5. The van der Waals surface area contributed by atoms with Crippen LogP contribution in [0.1, 0.15) is 23.7 Å². The van der Waals surface area contributed by atoms with E-state index < -0.39 is 6.04 Å². The average molecular weight is 344 g/mol. The van der Waals surface area contributed by atoms with Crippen molar-refractivity contribution in [3.05, 3.63) is 29.8 Å². The zero-order chi connectivity index (χ0) is 17.8. The molecule has 2 N–H and O–H groups in total. The van der Waals surface area contributed by atoms with E-state index in [-0.39, 0.29) is 24.0 Å². The summed E-state index contributed by atoms with van der Waals surface area (Å²) < 4.78 is 5.28. The molecule has 1 aromatic rings. The van der Waals surface area contributed by atoms with Gasteiger partial charge in [-0.2, -0.15) is 0 Å². The van der Waals surface area contributed by atoms with Crippen molar-refractivity contribution in [1.82, 2.24) is 10.2 Å². The van der Waals surface area contributed by atoms with E-state index in [9.17, 15) is 14.4 Å². The molecule has 1 fully saturated rings.